The molecule has 1 saturated carbocycles. The third-order valence-electron chi connectivity index (χ3n) is 3.95. The zero-order valence-corrected chi connectivity index (χ0v) is 12.2. The van der Waals surface area contributed by atoms with Crippen LogP contribution in [0.2, 0.25) is 0 Å². The molecule has 0 amide bonds. The average Bonchev–Trinajstić information content (AvgIpc) is 3.15. The molecule has 4 heteroatoms. The topological polar surface area (TPSA) is 35.5 Å². The molecule has 0 N–H and O–H groups in total. The van der Waals surface area contributed by atoms with E-state index in [0.29, 0.717) is 24.0 Å². The Bertz CT molecular complexity index is 538. The van der Waals surface area contributed by atoms with Crippen LogP contribution in [0.25, 0.3) is 0 Å². The van der Waals surface area contributed by atoms with E-state index in [0.717, 1.165) is 25.7 Å². The Morgan fingerprint density at radius 3 is 2.85 bits per heavy atom. The summed E-state index contributed by atoms with van der Waals surface area (Å²) in [6, 6.07) is 9.16. The van der Waals surface area contributed by atoms with Crippen molar-refractivity contribution in [3.63, 3.8) is 0 Å². The van der Waals surface area contributed by atoms with Crippen LogP contribution in [0.4, 0.5) is 0 Å². The van der Waals surface area contributed by atoms with Crippen LogP contribution in [-0.2, 0) is 20.3 Å². The summed E-state index contributed by atoms with van der Waals surface area (Å²) < 4.78 is 31.6. The van der Waals surface area contributed by atoms with Crippen LogP contribution in [0, 0.1) is 5.92 Å². The first kappa shape index (κ1) is 12.7. The number of hydrogen-bond acceptors (Lipinski definition) is 3. The smallest absolute Gasteiger partial charge is 0.168 e. The van der Waals surface area contributed by atoms with Gasteiger partial charge in [-0.25, -0.2) is 4.21 Å². The van der Waals surface area contributed by atoms with Gasteiger partial charge in [-0.05, 0) is 30.9 Å². The van der Waals surface area contributed by atoms with Crippen molar-refractivity contribution in [2.45, 2.75) is 36.4 Å². The first-order chi connectivity index (χ1) is 10.2. The summed E-state index contributed by atoms with van der Waals surface area (Å²) in [4.78, 5) is 0.684. The highest BCUT2D eigenvalue weighted by molar-refractivity contribution is 7.88. The van der Waals surface area contributed by atoms with E-state index >= 15 is 0 Å². The molecule has 1 heterocycles. The van der Waals surface area contributed by atoms with Crippen molar-refractivity contribution in [3.05, 3.63) is 41.8 Å². The summed E-state index contributed by atoms with van der Waals surface area (Å²) in [6.07, 6.45) is 5.42. The lowest BCUT2D eigenvalue weighted by atomic mass is 10.0. The second-order valence-corrected chi connectivity index (χ2v) is 6.60. The van der Waals surface area contributed by atoms with Gasteiger partial charge in [0, 0.05) is 23.1 Å². The number of rotatable bonds is 4. The van der Waals surface area contributed by atoms with Crippen molar-refractivity contribution in [2.75, 3.05) is 13.2 Å². The molecule has 1 aliphatic heterocycles. The summed E-state index contributed by atoms with van der Waals surface area (Å²) in [6.45, 7) is 1.37. The van der Waals surface area contributed by atoms with Gasteiger partial charge >= 0.3 is 0 Å². The second-order valence-electron chi connectivity index (χ2n) is 5.36. The van der Waals surface area contributed by atoms with Crippen molar-refractivity contribution >= 4 is 10.8 Å². The third-order valence-corrected chi connectivity index (χ3v) is 5.03. The summed E-state index contributed by atoms with van der Waals surface area (Å²) in [7, 11) is -1.37. The Hall–Kier alpha value is -0.970. The molecule has 20 heavy (non-hydrogen) atoms. The number of benzene rings is 1. The predicted molar refractivity (Wildman–Crippen MR) is 78.6 cm³/mol. The van der Waals surface area contributed by atoms with Gasteiger partial charge in [0.15, 0.2) is 5.79 Å². The molecule has 3 nitrogen and oxygen atoms in total. The first-order valence-corrected chi connectivity index (χ1v) is 8.25. The number of ether oxygens (including phenoxy) is 2. The van der Waals surface area contributed by atoms with E-state index in [9.17, 15) is 4.21 Å². The molecule has 3 rings (SSSR count). The molecule has 2 atom stereocenters. The van der Waals surface area contributed by atoms with Crippen molar-refractivity contribution < 1.29 is 15.1 Å². The molecule has 1 spiro atoms. The summed E-state index contributed by atoms with van der Waals surface area (Å²) in [5.74, 6) is 0.0930. The van der Waals surface area contributed by atoms with Gasteiger partial charge in [-0.2, -0.15) is 0 Å². The van der Waals surface area contributed by atoms with E-state index in [1.54, 1.807) is 18.2 Å². The largest absolute Gasteiger partial charge is 0.348 e. The van der Waals surface area contributed by atoms with Crippen LogP contribution >= 0.6 is 0 Å². The Kier molecular flexibility index (Phi) is 3.95. The van der Waals surface area contributed by atoms with Gasteiger partial charge in [-0.3, -0.25) is 0 Å². The van der Waals surface area contributed by atoms with Crippen LogP contribution in [0.5, 0.6) is 0 Å². The van der Waals surface area contributed by atoms with E-state index < -0.39 is 10.8 Å². The lowest BCUT2D eigenvalue weighted by Gasteiger charge is -2.21. The van der Waals surface area contributed by atoms with Crippen molar-refractivity contribution in [1.29, 1.82) is 0 Å². The van der Waals surface area contributed by atoms with Crippen molar-refractivity contribution in [3.8, 4) is 0 Å². The monoisotopic (exact) mass is 293 g/mol. The molecule has 2 fully saturated rings. The van der Waals surface area contributed by atoms with Gasteiger partial charge in [-0.15, -0.1) is 0 Å². The van der Waals surface area contributed by atoms with Crippen LogP contribution in [0.3, 0.4) is 0 Å². The maximum Gasteiger partial charge on any atom is 0.168 e. The Labute approximate surface area is 123 Å². The summed E-state index contributed by atoms with van der Waals surface area (Å²) in [5.41, 5.74) is 0. The minimum absolute atomic E-state index is 0.190. The molecular formula is C16H20O3S. The average molecular weight is 293 g/mol. The number of allylic oxidation sites excluding steroid dienone is 1. The molecular weight excluding hydrogens is 272 g/mol. The highest BCUT2D eigenvalue weighted by atomic mass is 32.2. The maximum atomic E-state index is 12.2. The van der Waals surface area contributed by atoms with Crippen LogP contribution in [0.1, 0.15) is 27.1 Å². The fraction of sp³-hybridized carbons (Fsp3) is 0.500. The van der Waals surface area contributed by atoms with Gasteiger partial charge < -0.3 is 9.47 Å². The minimum atomic E-state index is -1.37. The zero-order valence-electron chi connectivity index (χ0n) is 12.4. The van der Waals surface area contributed by atoms with E-state index in [-0.39, 0.29) is 11.2 Å². The van der Waals surface area contributed by atoms with Gasteiger partial charge in [0.05, 0.1) is 25.4 Å². The lowest BCUT2D eigenvalue weighted by molar-refractivity contribution is -0.152. The van der Waals surface area contributed by atoms with Crippen LogP contribution < -0.4 is 0 Å². The Morgan fingerprint density at radius 2 is 2.10 bits per heavy atom. The molecule has 0 aromatic heterocycles. The maximum absolute atomic E-state index is 12.2. The van der Waals surface area contributed by atoms with Crippen LogP contribution in [-0.4, -0.2) is 23.2 Å². The number of hydrogen-bond donors (Lipinski definition) is 0. The summed E-state index contributed by atoms with van der Waals surface area (Å²) in [5, 5.41) is 0.190. The SMILES string of the molecule is [2H]/C(=C\CC1CCC2(C1)OCCO2)S(=O)c1ccccc1. The highest BCUT2D eigenvalue weighted by Gasteiger charge is 2.43. The highest BCUT2D eigenvalue weighted by Crippen LogP contribution is 2.42. The van der Waals surface area contributed by atoms with E-state index in [4.69, 9.17) is 10.8 Å². The van der Waals surface area contributed by atoms with Gasteiger partial charge in [-0.1, -0.05) is 24.3 Å². The van der Waals surface area contributed by atoms with Crippen LogP contribution in [0.15, 0.2) is 46.7 Å². The van der Waals surface area contributed by atoms with Crippen molar-refractivity contribution in [2.24, 2.45) is 5.92 Å². The quantitative estimate of drug-likeness (QED) is 0.855. The molecule has 1 saturated heterocycles. The standard InChI is InChI=1S/C16H20O3S/c17-20(15-6-2-1-3-7-15)12-4-5-14-8-9-16(13-14)18-10-11-19-16/h1-4,6-7,12,14H,5,8-11,13H2/b12-4+/i12D. The van der Waals surface area contributed by atoms with Gasteiger partial charge in [0.2, 0.25) is 0 Å². The third kappa shape index (κ3) is 3.19. The molecule has 108 valence electrons. The summed E-state index contributed by atoms with van der Waals surface area (Å²) >= 11 is 0. The van der Waals surface area contributed by atoms with E-state index in [1.807, 2.05) is 18.2 Å². The molecule has 1 aliphatic carbocycles. The minimum Gasteiger partial charge on any atom is -0.348 e. The first-order valence-electron chi connectivity index (χ1n) is 7.60. The molecule has 2 aliphatic rings. The van der Waals surface area contributed by atoms with E-state index in [1.165, 1.54) is 0 Å². The fourth-order valence-corrected chi connectivity index (χ4v) is 3.72. The zero-order chi connectivity index (χ0) is 14.7. The molecule has 0 bridgehead atoms. The molecule has 2 unspecified atom stereocenters. The Balaban J connectivity index is 1.57. The second kappa shape index (κ2) is 6.20. The normalized spacial score (nSPS) is 27.7. The lowest BCUT2D eigenvalue weighted by Crippen LogP contribution is -2.25. The molecule has 1 aromatic rings. The predicted octanol–water partition coefficient (Wildman–Crippen LogP) is 3.24. The molecule has 0 radical (unpaired) electrons. The van der Waals surface area contributed by atoms with Gasteiger partial charge in [0.25, 0.3) is 0 Å². The van der Waals surface area contributed by atoms with Crippen molar-refractivity contribution in [1.82, 2.24) is 0 Å². The molecule has 1 aromatic carbocycles. The van der Waals surface area contributed by atoms with Gasteiger partial charge in [0.1, 0.15) is 0 Å². The Morgan fingerprint density at radius 1 is 1.35 bits per heavy atom. The fourth-order valence-electron chi connectivity index (χ4n) is 2.93. The van der Waals surface area contributed by atoms with E-state index in [2.05, 4.69) is 0 Å².